The lowest BCUT2D eigenvalue weighted by Crippen LogP contribution is -2.37. The van der Waals surface area contributed by atoms with E-state index in [1.165, 1.54) is 12.1 Å². The number of carboxylic acid groups (broad SMARTS) is 1. The minimum atomic E-state index is -0.879. The summed E-state index contributed by atoms with van der Waals surface area (Å²) >= 11 is 5.73. The largest absolute Gasteiger partial charge is 0.481 e. The van der Waals surface area contributed by atoms with Crippen molar-refractivity contribution in [2.75, 3.05) is 0 Å². The maximum Gasteiger partial charge on any atom is 0.314 e. The van der Waals surface area contributed by atoms with E-state index in [2.05, 4.69) is 0 Å². The molecule has 4 heteroatoms. The highest BCUT2D eigenvalue weighted by Gasteiger charge is 2.41. The molecule has 17 heavy (non-hydrogen) atoms. The minimum Gasteiger partial charge on any atom is -0.481 e. The predicted octanol–water partition coefficient (Wildman–Crippen LogP) is 3.77. The molecule has 0 saturated heterocycles. The van der Waals surface area contributed by atoms with Crippen LogP contribution in [0.3, 0.4) is 0 Å². The molecule has 1 N–H and O–H groups in total. The summed E-state index contributed by atoms with van der Waals surface area (Å²) in [6.07, 6.45) is 4.04. The molecule has 0 amide bonds. The van der Waals surface area contributed by atoms with E-state index in [9.17, 15) is 14.3 Å². The van der Waals surface area contributed by atoms with Gasteiger partial charge in [0.1, 0.15) is 5.82 Å². The Labute approximate surface area is 104 Å². The number of aliphatic carboxylic acids is 1. The Bertz CT molecular complexity index is 439. The van der Waals surface area contributed by atoms with Gasteiger partial charge in [0.15, 0.2) is 0 Å². The molecular weight excluding hydrogens is 243 g/mol. The molecule has 0 unspecified atom stereocenters. The monoisotopic (exact) mass is 256 g/mol. The predicted molar refractivity (Wildman–Crippen MR) is 63.8 cm³/mol. The third-order valence-corrected chi connectivity index (χ3v) is 3.88. The molecule has 0 spiro atoms. The quantitative estimate of drug-likeness (QED) is 0.875. The van der Waals surface area contributed by atoms with Crippen molar-refractivity contribution in [1.29, 1.82) is 0 Å². The van der Waals surface area contributed by atoms with Crippen LogP contribution >= 0.6 is 11.6 Å². The molecule has 1 fully saturated rings. The van der Waals surface area contributed by atoms with Crippen molar-refractivity contribution in [3.05, 3.63) is 34.6 Å². The first-order valence-electron chi connectivity index (χ1n) is 5.75. The van der Waals surface area contributed by atoms with Gasteiger partial charge < -0.3 is 5.11 Å². The van der Waals surface area contributed by atoms with Crippen LogP contribution in [0.15, 0.2) is 18.2 Å². The van der Waals surface area contributed by atoms with E-state index < -0.39 is 17.2 Å². The Balaban J connectivity index is 2.45. The summed E-state index contributed by atoms with van der Waals surface area (Å²) in [7, 11) is 0. The summed E-state index contributed by atoms with van der Waals surface area (Å²) in [4.78, 5) is 11.5. The van der Waals surface area contributed by atoms with Gasteiger partial charge in [0.2, 0.25) is 0 Å². The summed E-state index contributed by atoms with van der Waals surface area (Å²) < 4.78 is 13.1. The Hall–Kier alpha value is -1.09. The molecule has 2 rings (SSSR count). The van der Waals surface area contributed by atoms with E-state index in [0.29, 0.717) is 18.4 Å². The lowest BCUT2D eigenvalue weighted by atomic mass is 9.69. The van der Waals surface area contributed by atoms with Crippen LogP contribution in [0, 0.1) is 5.82 Å². The zero-order valence-corrected chi connectivity index (χ0v) is 10.1. The standard InChI is InChI=1S/C13H14ClFO2/c14-10-8-9(4-5-11(10)15)13(12(16)17)6-2-1-3-7-13/h4-5,8H,1-3,6-7H2,(H,16,17). The molecule has 0 radical (unpaired) electrons. The highest BCUT2D eigenvalue weighted by atomic mass is 35.5. The number of carboxylic acids is 1. The third kappa shape index (κ3) is 2.16. The first-order valence-corrected chi connectivity index (χ1v) is 6.13. The molecule has 0 bridgehead atoms. The van der Waals surface area contributed by atoms with Gasteiger partial charge >= 0.3 is 5.97 Å². The van der Waals surface area contributed by atoms with E-state index in [1.54, 1.807) is 6.07 Å². The summed E-state index contributed by atoms with van der Waals surface area (Å²) in [6, 6.07) is 4.24. The molecule has 1 aromatic carbocycles. The second kappa shape index (κ2) is 4.65. The normalized spacial score (nSPS) is 18.9. The zero-order chi connectivity index (χ0) is 12.5. The van der Waals surface area contributed by atoms with Gasteiger partial charge in [0.05, 0.1) is 10.4 Å². The fraction of sp³-hybridized carbons (Fsp3) is 0.462. The van der Waals surface area contributed by atoms with Crippen molar-refractivity contribution >= 4 is 17.6 Å². The second-order valence-corrected chi connectivity index (χ2v) is 4.98. The van der Waals surface area contributed by atoms with Crippen LogP contribution in [0.4, 0.5) is 4.39 Å². The highest BCUT2D eigenvalue weighted by Crippen LogP contribution is 2.40. The smallest absolute Gasteiger partial charge is 0.314 e. The maximum atomic E-state index is 13.1. The average Bonchev–Trinajstić information content (AvgIpc) is 2.33. The molecule has 92 valence electrons. The average molecular weight is 257 g/mol. The molecule has 1 saturated carbocycles. The number of hydrogen-bond acceptors (Lipinski definition) is 1. The summed E-state index contributed by atoms with van der Waals surface area (Å²) in [5.74, 6) is -1.34. The van der Waals surface area contributed by atoms with E-state index in [0.717, 1.165) is 19.3 Å². The number of carbonyl (C=O) groups is 1. The first-order chi connectivity index (χ1) is 8.06. The van der Waals surface area contributed by atoms with E-state index in [1.807, 2.05) is 0 Å². The molecule has 1 aliphatic carbocycles. The van der Waals surface area contributed by atoms with Crippen molar-refractivity contribution in [3.63, 3.8) is 0 Å². The molecule has 0 aliphatic heterocycles. The van der Waals surface area contributed by atoms with Gasteiger partial charge in [-0.15, -0.1) is 0 Å². The number of halogens is 2. The first kappa shape index (κ1) is 12.4. The zero-order valence-electron chi connectivity index (χ0n) is 9.38. The van der Waals surface area contributed by atoms with E-state index in [4.69, 9.17) is 11.6 Å². The van der Waals surface area contributed by atoms with E-state index in [-0.39, 0.29) is 5.02 Å². The van der Waals surface area contributed by atoms with Crippen molar-refractivity contribution in [1.82, 2.24) is 0 Å². The summed E-state index contributed by atoms with van der Waals surface area (Å²) in [5, 5.41) is 9.46. The second-order valence-electron chi connectivity index (χ2n) is 4.58. The summed E-state index contributed by atoms with van der Waals surface area (Å²) in [5.41, 5.74) is -0.258. The topological polar surface area (TPSA) is 37.3 Å². The Kier molecular flexibility index (Phi) is 3.38. The van der Waals surface area contributed by atoms with Gasteiger partial charge in [-0.2, -0.15) is 0 Å². The number of benzene rings is 1. The molecule has 1 aromatic rings. The number of rotatable bonds is 2. The highest BCUT2D eigenvalue weighted by molar-refractivity contribution is 6.30. The van der Waals surface area contributed by atoms with Crippen LogP contribution < -0.4 is 0 Å². The fourth-order valence-electron chi connectivity index (χ4n) is 2.58. The number of hydrogen-bond donors (Lipinski definition) is 1. The van der Waals surface area contributed by atoms with Crippen LogP contribution in [0.5, 0.6) is 0 Å². The van der Waals surface area contributed by atoms with Gasteiger partial charge in [-0.3, -0.25) is 4.79 Å². The Morgan fingerprint density at radius 3 is 2.47 bits per heavy atom. The minimum absolute atomic E-state index is 0.00583. The Morgan fingerprint density at radius 2 is 1.94 bits per heavy atom. The Morgan fingerprint density at radius 1 is 1.29 bits per heavy atom. The molecule has 0 aromatic heterocycles. The van der Waals surface area contributed by atoms with Crippen LogP contribution in [0.25, 0.3) is 0 Å². The molecule has 0 atom stereocenters. The van der Waals surface area contributed by atoms with Gasteiger partial charge in [-0.1, -0.05) is 36.9 Å². The van der Waals surface area contributed by atoms with Crippen LogP contribution in [-0.4, -0.2) is 11.1 Å². The van der Waals surface area contributed by atoms with Crippen molar-refractivity contribution < 1.29 is 14.3 Å². The lowest BCUT2D eigenvalue weighted by molar-refractivity contribution is -0.145. The van der Waals surface area contributed by atoms with Crippen LogP contribution in [0.2, 0.25) is 5.02 Å². The molecule has 2 nitrogen and oxygen atoms in total. The summed E-state index contributed by atoms with van der Waals surface area (Å²) in [6.45, 7) is 0. The van der Waals surface area contributed by atoms with E-state index >= 15 is 0 Å². The van der Waals surface area contributed by atoms with Crippen molar-refractivity contribution in [2.24, 2.45) is 0 Å². The van der Waals surface area contributed by atoms with Gasteiger partial charge in [0.25, 0.3) is 0 Å². The van der Waals surface area contributed by atoms with Gasteiger partial charge in [-0.05, 0) is 30.5 Å². The van der Waals surface area contributed by atoms with Crippen LogP contribution in [0.1, 0.15) is 37.7 Å². The molecular formula is C13H14ClFO2. The van der Waals surface area contributed by atoms with Gasteiger partial charge in [0, 0.05) is 0 Å². The van der Waals surface area contributed by atoms with Gasteiger partial charge in [-0.25, -0.2) is 4.39 Å². The maximum absolute atomic E-state index is 13.1. The molecule has 1 aliphatic rings. The lowest BCUT2D eigenvalue weighted by Gasteiger charge is -2.33. The molecule has 0 heterocycles. The van der Waals surface area contributed by atoms with Crippen molar-refractivity contribution in [2.45, 2.75) is 37.5 Å². The SMILES string of the molecule is O=C(O)C1(c2ccc(F)c(Cl)c2)CCCCC1. The van der Waals surface area contributed by atoms with Crippen LogP contribution in [-0.2, 0) is 10.2 Å². The third-order valence-electron chi connectivity index (χ3n) is 3.59. The fourth-order valence-corrected chi connectivity index (χ4v) is 2.76. The van der Waals surface area contributed by atoms with Crippen molar-refractivity contribution in [3.8, 4) is 0 Å².